The highest BCUT2D eigenvalue weighted by Gasteiger charge is 2.54. The van der Waals surface area contributed by atoms with E-state index in [0.29, 0.717) is 28.1 Å². The van der Waals surface area contributed by atoms with Crippen molar-refractivity contribution in [1.82, 2.24) is 25.2 Å². The Kier molecular flexibility index (Phi) is 9.39. The Morgan fingerprint density at radius 2 is 2.15 bits per heavy atom. The number of aryl methyl sites for hydroxylation is 1. The van der Waals surface area contributed by atoms with Gasteiger partial charge in [0.2, 0.25) is 0 Å². The summed E-state index contributed by atoms with van der Waals surface area (Å²) in [5.74, 6) is -1.84. The van der Waals surface area contributed by atoms with Crippen LogP contribution < -0.4 is 16.8 Å². The first-order chi connectivity index (χ1) is 18.6. The lowest BCUT2D eigenvalue weighted by Gasteiger charge is -2.49. The predicted molar refractivity (Wildman–Crippen MR) is 151 cm³/mol. The first-order valence-electron chi connectivity index (χ1n) is 11.0. The van der Waals surface area contributed by atoms with Crippen LogP contribution in [0.1, 0.15) is 11.4 Å². The maximum atomic E-state index is 12.9. The highest BCUT2D eigenvalue weighted by molar-refractivity contribution is 8.02. The van der Waals surface area contributed by atoms with E-state index < -0.39 is 34.9 Å². The Morgan fingerprint density at radius 1 is 1.38 bits per heavy atom. The summed E-state index contributed by atoms with van der Waals surface area (Å²) in [7, 11) is 0. The Hall–Kier alpha value is -2.83. The number of hydrogen-bond donors (Lipinski definition) is 5. The van der Waals surface area contributed by atoms with Gasteiger partial charge in [-0.25, -0.2) is 19.7 Å². The molecule has 0 aromatic carbocycles. The number of aromatic nitrogens is 3. The number of carbonyl (C=O) groups excluding carboxylic acids is 2. The molecule has 2 aliphatic rings. The number of aliphatic carboxylic acids is 1. The third-order valence-corrected chi connectivity index (χ3v) is 9.23. The second-order valence-electron chi connectivity index (χ2n) is 7.85. The summed E-state index contributed by atoms with van der Waals surface area (Å²) in [6.45, 7) is 2.35. The van der Waals surface area contributed by atoms with Gasteiger partial charge in [0.25, 0.3) is 11.8 Å². The molecule has 7 N–H and O–H groups in total. The number of anilines is 1. The number of nitrogens with zero attached hydrogens (tertiary/aromatic N) is 5. The van der Waals surface area contributed by atoms with Gasteiger partial charge in [-0.3, -0.25) is 14.5 Å². The van der Waals surface area contributed by atoms with Crippen LogP contribution in [0.5, 0.6) is 0 Å². The molecular formula is C21H21ClN8O5S4. The van der Waals surface area contributed by atoms with Gasteiger partial charge in [-0.1, -0.05) is 51.6 Å². The maximum absolute atomic E-state index is 12.9. The summed E-state index contributed by atoms with van der Waals surface area (Å²) < 4.78 is 0.0390. The average Bonchev–Trinajstić information content (AvgIpc) is 3.22. The van der Waals surface area contributed by atoms with E-state index in [0.717, 1.165) is 21.9 Å². The Bertz CT molecular complexity index is 1410. The number of fused-ring (bicyclic) bond motifs is 1. The van der Waals surface area contributed by atoms with E-state index in [1.165, 1.54) is 35.3 Å². The van der Waals surface area contributed by atoms with Gasteiger partial charge in [0.05, 0.1) is 0 Å². The van der Waals surface area contributed by atoms with E-state index in [1.54, 1.807) is 11.5 Å². The minimum atomic E-state index is -1.27. The van der Waals surface area contributed by atoms with Crippen LogP contribution in [-0.2, 0) is 14.4 Å². The van der Waals surface area contributed by atoms with Crippen molar-refractivity contribution < 1.29 is 24.7 Å². The number of nitrogens with one attached hydrogen (secondary N) is 1. The molecule has 0 unspecified atom stereocenters. The molecule has 2 amide bonds. The van der Waals surface area contributed by atoms with Crippen molar-refractivity contribution in [3.05, 3.63) is 44.5 Å². The molecule has 18 heteroatoms. The third-order valence-electron chi connectivity index (χ3n) is 5.25. The fourth-order valence-corrected chi connectivity index (χ4v) is 7.34. The fourth-order valence-electron chi connectivity index (χ4n) is 3.62. The molecule has 4 rings (SSSR count). The summed E-state index contributed by atoms with van der Waals surface area (Å²) >= 11 is 10.9. The highest BCUT2D eigenvalue weighted by atomic mass is 35.5. The van der Waals surface area contributed by atoms with Crippen molar-refractivity contribution >= 4 is 86.9 Å². The number of amides is 2. The van der Waals surface area contributed by atoms with Crippen LogP contribution in [0, 0.1) is 6.92 Å². The zero-order valence-electron chi connectivity index (χ0n) is 20.0. The van der Waals surface area contributed by atoms with Crippen molar-refractivity contribution in [1.29, 1.82) is 0 Å². The van der Waals surface area contributed by atoms with E-state index in [1.807, 2.05) is 13.0 Å². The maximum Gasteiger partial charge on any atom is 0.352 e. The lowest BCUT2D eigenvalue weighted by atomic mass is 10.0. The minimum absolute atomic E-state index is 0.0390. The Labute approximate surface area is 243 Å². The molecule has 0 radical (unpaired) electrons. The minimum Gasteiger partial charge on any atom is -0.477 e. The molecule has 2 aromatic heterocycles. The number of carbonyl (C=O) groups is 3. The molecule has 2 aromatic rings. The molecule has 0 aliphatic carbocycles. The number of oxime groups is 1. The summed E-state index contributed by atoms with van der Waals surface area (Å²) in [4.78, 5) is 51.6. The summed E-state index contributed by atoms with van der Waals surface area (Å²) in [6, 6.07) is 0.764. The number of halogens is 1. The molecule has 2 aliphatic heterocycles. The molecule has 206 valence electrons. The normalized spacial score (nSPS) is 19.3. The summed E-state index contributed by atoms with van der Waals surface area (Å²) in [5.41, 5.74) is 11.5. The number of nitrogens with two attached hydrogens (primary N) is 2. The van der Waals surface area contributed by atoms with Crippen LogP contribution in [0.4, 0.5) is 5.13 Å². The quantitative estimate of drug-likeness (QED) is 0.0483. The Morgan fingerprint density at radius 3 is 2.79 bits per heavy atom. The molecule has 13 nitrogen and oxygen atoms in total. The fraction of sp³-hybridized carbons (Fsp3) is 0.286. The van der Waals surface area contributed by atoms with E-state index >= 15 is 0 Å². The summed E-state index contributed by atoms with van der Waals surface area (Å²) in [5, 5.41) is 27.1. The van der Waals surface area contributed by atoms with Gasteiger partial charge < -0.3 is 27.1 Å². The number of rotatable bonds is 10. The van der Waals surface area contributed by atoms with Gasteiger partial charge in [0.1, 0.15) is 32.2 Å². The standard InChI is InChI=1S/C21H21ClN8O5S4/c1-8-6-10(26-21(25-8)37-5-3-23)36-4-2-9-7-38-18-13(17(32)30(18)14(9)19(33)34)27-16(31)12(29-35)11-15(22)39-20(24)28-11/h2,4,6,13,18,35H,3,5,7,23H2,1H3,(H2,24,28)(H,27,31)(H,33,34)/b4-2+,29-12?/t13-,18-/m1/s1. The first-order valence-corrected chi connectivity index (χ1v) is 15.1. The highest BCUT2D eigenvalue weighted by Crippen LogP contribution is 2.41. The molecule has 39 heavy (non-hydrogen) atoms. The number of β-lactam (4-membered cyclic amide) rings is 1. The lowest BCUT2D eigenvalue weighted by molar-refractivity contribution is -0.150. The van der Waals surface area contributed by atoms with E-state index in [2.05, 4.69) is 25.4 Å². The van der Waals surface area contributed by atoms with Gasteiger partial charge in [-0.2, -0.15) is 0 Å². The number of thioether (sulfide) groups is 3. The van der Waals surface area contributed by atoms with Crippen molar-refractivity contribution in [2.24, 2.45) is 10.9 Å². The predicted octanol–water partition coefficient (Wildman–Crippen LogP) is 1.75. The number of thiazole rings is 1. The van der Waals surface area contributed by atoms with Crippen LogP contribution in [0.2, 0.25) is 4.34 Å². The Balaban J connectivity index is 1.47. The van der Waals surface area contributed by atoms with Crippen LogP contribution in [-0.4, -0.2) is 83.1 Å². The number of hydrogen-bond acceptors (Lipinski definition) is 14. The molecule has 0 spiro atoms. The number of nitrogen functional groups attached to an aromatic ring is 1. The number of carboxylic acids is 1. The van der Waals surface area contributed by atoms with Gasteiger partial charge in [-0.15, -0.1) is 11.8 Å². The van der Waals surface area contributed by atoms with Crippen LogP contribution in [0.25, 0.3) is 0 Å². The van der Waals surface area contributed by atoms with Crippen molar-refractivity contribution in [2.45, 2.75) is 28.5 Å². The van der Waals surface area contributed by atoms with E-state index in [-0.39, 0.29) is 26.6 Å². The third kappa shape index (κ3) is 6.33. The van der Waals surface area contributed by atoms with Crippen LogP contribution >= 0.6 is 58.2 Å². The van der Waals surface area contributed by atoms with Crippen molar-refractivity contribution in [2.75, 3.05) is 23.8 Å². The van der Waals surface area contributed by atoms with Gasteiger partial charge >= 0.3 is 5.97 Å². The molecular weight excluding hydrogens is 608 g/mol. The van der Waals surface area contributed by atoms with Gasteiger partial charge in [0, 0.05) is 23.7 Å². The van der Waals surface area contributed by atoms with Crippen molar-refractivity contribution in [3.8, 4) is 0 Å². The van der Waals surface area contributed by atoms with E-state index in [4.69, 9.17) is 23.1 Å². The zero-order chi connectivity index (χ0) is 28.3. The molecule has 0 saturated carbocycles. The van der Waals surface area contributed by atoms with Gasteiger partial charge in [0.15, 0.2) is 16.0 Å². The molecule has 1 saturated heterocycles. The topological polar surface area (TPSA) is 210 Å². The number of allylic oxidation sites excluding steroid dienone is 1. The molecule has 0 bridgehead atoms. The van der Waals surface area contributed by atoms with Crippen LogP contribution in [0.15, 0.2) is 44.2 Å². The number of carboxylic acid groups (broad SMARTS) is 1. The SMILES string of the molecule is Cc1cc(S/C=C/C2=C(C(=O)O)N3C(=O)[C@@H](NC(=O)C(=NO)c4nc(N)sc4Cl)[C@H]3SC2)nc(SCCN)n1. The monoisotopic (exact) mass is 628 g/mol. The van der Waals surface area contributed by atoms with Crippen molar-refractivity contribution in [3.63, 3.8) is 0 Å². The van der Waals surface area contributed by atoms with E-state index in [9.17, 15) is 24.7 Å². The van der Waals surface area contributed by atoms with Crippen LogP contribution in [0.3, 0.4) is 0 Å². The lowest BCUT2D eigenvalue weighted by Crippen LogP contribution is -2.71. The second kappa shape index (κ2) is 12.6. The largest absolute Gasteiger partial charge is 0.477 e. The molecule has 2 atom stereocenters. The summed E-state index contributed by atoms with van der Waals surface area (Å²) in [6.07, 6.45) is 1.63. The smallest absolute Gasteiger partial charge is 0.352 e. The molecule has 1 fully saturated rings. The first kappa shape index (κ1) is 29.2. The average molecular weight is 629 g/mol. The molecule has 4 heterocycles. The zero-order valence-corrected chi connectivity index (χ0v) is 24.1. The second-order valence-corrected chi connectivity index (χ2v) is 12.6. The van der Waals surface area contributed by atoms with Gasteiger partial charge in [-0.05, 0) is 30.0 Å².